The van der Waals surface area contributed by atoms with E-state index in [4.69, 9.17) is 32.7 Å². The van der Waals surface area contributed by atoms with E-state index in [1.165, 1.54) is 7.11 Å². The van der Waals surface area contributed by atoms with E-state index in [2.05, 4.69) is 10.6 Å². The zero-order valence-corrected chi connectivity index (χ0v) is 21.5. The average molecular weight is 540 g/mol. The second-order valence-corrected chi connectivity index (χ2v) is 8.83. The van der Waals surface area contributed by atoms with Gasteiger partial charge in [-0.25, -0.2) is 0 Å². The van der Waals surface area contributed by atoms with Gasteiger partial charge in [-0.15, -0.1) is 0 Å². The Morgan fingerprint density at radius 1 is 0.919 bits per heavy atom. The first-order chi connectivity index (χ1) is 17.8. The first kappa shape index (κ1) is 26.1. The average Bonchev–Trinajstić information content (AvgIpc) is 3.11. The number of anilines is 1. The van der Waals surface area contributed by atoms with Crippen LogP contribution in [-0.4, -0.2) is 36.8 Å². The van der Waals surface area contributed by atoms with Crippen LogP contribution >= 0.6 is 23.2 Å². The van der Waals surface area contributed by atoms with Gasteiger partial charge in [-0.2, -0.15) is 0 Å². The topological polar surface area (TPSA) is 97.0 Å². The molecule has 0 aromatic heterocycles. The molecular weight excluding hydrogens is 517 g/mol. The molecule has 37 heavy (non-hydrogen) atoms. The van der Waals surface area contributed by atoms with E-state index in [1.54, 1.807) is 73.8 Å². The van der Waals surface area contributed by atoms with E-state index in [9.17, 15) is 14.4 Å². The number of imide groups is 1. The van der Waals surface area contributed by atoms with Gasteiger partial charge in [-0.3, -0.25) is 19.3 Å². The van der Waals surface area contributed by atoms with Crippen molar-refractivity contribution in [3.05, 3.63) is 99.2 Å². The predicted octanol–water partition coefficient (Wildman–Crippen LogP) is 4.72. The Bertz CT molecular complexity index is 1390. The van der Waals surface area contributed by atoms with E-state index in [0.717, 1.165) is 10.5 Å². The molecule has 190 valence electrons. The fourth-order valence-electron chi connectivity index (χ4n) is 3.70. The van der Waals surface area contributed by atoms with Crippen LogP contribution in [0.1, 0.15) is 21.5 Å². The fraction of sp³-hybridized carbons (Fsp3) is 0.148. The van der Waals surface area contributed by atoms with Crippen LogP contribution in [0, 0.1) is 0 Å². The number of benzene rings is 3. The molecule has 1 aliphatic rings. The summed E-state index contributed by atoms with van der Waals surface area (Å²) in [6.45, 7) is 0.236. The molecule has 0 unspecified atom stereocenters. The maximum atomic E-state index is 12.9. The van der Waals surface area contributed by atoms with E-state index >= 15 is 0 Å². The molecule has 3 amide bonds. The highest BCUT2D eigenvalue weighted by molar-refractivity contribution is 6.47. The number of nitrogens with one attached hydrogen (secondary N) is 2. The van der Waals surface area contributed by atoms with Crippen LogP contribution in [0.25, 0.3) is 0 Å². The first-order valence-electron chi connectivity index (χ1n) is 11.2. The molecule has 8 nitrogen and oxygen atoms in total. The van der Waals surface area contributed by atoms with Crippen molar-refractivity contribution in [1.29, 1.82) is 0 Å². The van der Waals surface area contributed by atoms with Crippen molar-refractivity contribution in [3.8, 4) is 11.5 Å². The molecule has 0 radical (unpaired) electrons. The number of halogens is 2. The second kappa shape index (κ2) is 11.4. The van der Waals surface area contributed by atoms with Gasteiger partial charge < -0.3 is 20.1 Å². The molecule has 0 atom stereocenters. The number of hydrogen-bond acceptors (Lipinski definition) is 6. The van der Waals surface area contributed by atoms with E-state index in [0.29, 0.717) is 33.3 Å². The Balaban J connectivity index is 1.38. The van der Waals surface area contributed by atoms with Gasteiger partial charge in [0.15, 0.2) is 0 Å². The van der Waals surface area contributed by atoms with Gasteiger partial charge >= 0.3 is 0 Å². The summed E-state index contributed by atoms with van der Waals surface area (Å²) in [7, 11) is 3.05. The molecule has 0 fully saturated rings. The van der Waals surface area contributed by atoms with Gasteiger partial charge in [-0.1, -0.05) is 53.5 Å². The number of nitrogens with zero attached hydrogens (tertiary/aromatic N) is 1. The Labute approximate surface area is 223 Å². The number of ether oxygens (including phenoxy) is 2. The normalized spacial score (nSPS) is 13.1. The summed E-state index contributed by atoms with van der Waals surface area (Å²) in [5.74, 6) is -0.357. The van der Waals surface area contributed by atoms with Gasteiger partial charge in [0.25, 0.3) is 17.7 Å². The molecule has 3 aromatic rings. The second-order valence-electron chi connectivity index (χ2n) is 8.05. The van der Waals surface area contributed by atoms with Gasteiger partial charge in [0.2, 0.25) is 0 Å². The third-order valence-electron chi connectivity index (χ3n) is 5.74. The highest BCUT2D eigenvalue weighted by Gasteiger charge is 2.37. The highest BCUT2D eigenvalue weighted by atomic mass is 35.5. The van der Waals surface area contributed by atoms with Gasteiger partial charge in [0.05, 0.1) is 26.5 Å². The maximum absolute atomic E-state index is 12.9. The lowest BCUT2D eigenvalue weighted by Gasteiger charge is -2.16. The summed E-state index contributed by atoms with van der Waals surface area (Å²) >= 11 is 12.3. The van der Waals surface area contributed by atoms with Crippen LogP contribution in [0.15, 0.2) is 77.5 Å². The van der Waals surface area contributed by atoms with Crippen molar-refractivity contribution < 1.29 is 23.9 Å². The van der Waals surface area contributed by atoms with E-state index in [1.807, 2.05) is 0 Å². The summed E-state index contributed by atoms with van der Waals surface area (Å²) in [6.07, 6.45) is 0. The molecule has 0 aliphatic carbocycles. The lowest BCUT2D eigenvalue weighted by Crippen LogP contribution is -2.33. The Morgan fingerprint density at radius 3 is 2.32 bits per heavy atom. The molecule has 2 N–H and O–H groups in total. The molecule has 10 heteroatoms. The first-order valence-corrected chi connectivity index (χ1v) is 11.9. The number of carbonyl (C=O) groups excluding carboxylic acids is 3. The predicted molar refractivity (Wildman–Crippen MR) is 141 cm³/mol. The van der Waals surface area contributed by atoms with Crippen molar-refractivity contribution in [2.45, 2.75) is 13.1 Å². The SMILES string of the molecule is COc1ccc(NC(=O)c2ccc(CNC3=C(Cl)C(=O)N(Cc4ccccc4Cl)C3=O)cc2)c(OC)c1. The summed E-state index contributed by atoms with van der Waals surface area (Å²) < 4.78 is 10.5. The highest BCUT2D eigenvalue weighted by Crippen LogP contribution is 2.30. The van der Waals surface area contributed by atoms with Crippen LogP contribution in [-0.2, 0) is 22.7 Å². The summed E-state index contributed by atoms with van der Waals surface area (Å²) in [6, 6.07) is 18.9. The number of hydrogen-bond donors (Lipinski definition) is 2. The molecule has 0 bridgehead atoms. The molecule has 3 aromatic carbocycles. The van der Waals surface area contributed by atoms with Crippen molar-refractivity contribution in [2.24, 2.45) is 0 Å². The van der Waals surface area contributed by atoms with Gasteiger partial charge in [-0.05, 0) is 41.5 Å². The van der Waals surface area contributed by atoms with Crippen LogP contribution in [0.2, 0.25) is 5.02 Å². The summed E-state index contributed by atoms with van der Waals surface area (Å²) in [5.41, 5.74) is 2.37. The Hall–Kier alpha value is -4.01. The zero-order valence-electron chi connectivity index (χ0n) is 20.0. The van der Waals surface area contributed by atoms with Gasteiger partial charge in [0.1, 0.15) is 22.2 Å². The molecule has 4 rings (SSSR count). The molecule has 1 aliphatic heterocycles. The van der Waals surface area contributed by atoms with Crippen LogP contribution in [0.4, 0.5) is 5.69 Å². The van der Waals surface area contributed by atoms with Crippen molar-refractivity contribution >= 4 is 46.6 Å². The standard InChI is InChI=1S/C27H23Cl2N3O5/c1-36-19-11-12-21(22(13-19)37-2)31-25(33)17-9-7-16(8-10-17)14-30-24-23(29)26(34)32(27(24)35)15-18-5-3-4-6-20(18)28/h3-13,30H,14-15H2,1-2H3,(H,31,33). The minimum Gasteiger partial charge on any atom is -0.497 e. The molecule has 0 spiro atoms. The minimum absolute atomic E-state index is 0.0154. The van der Waals surface area contributed by atoms with Gasteiger partial charge in [0, 0.05) is 23.2 Å². The summed E-state index contributed by atoms with van der Waals surface area (Å²) in [4.78, 5) is 39.2. The fourth-order valence-corrected chi connectivity index (χ4v) is 4.15. The van der Waals surface area contributed by atoms with E-state index < -0.39 is 11.8 Å². The molecule has 0 saturated heterocycles. The zero-order chi connectivity index (χ0) is 26.5. The lowest BCUT2D eigenvalue weighted by molar-refractivity contribution is -0.138. The Morgan fingerprint density at radius 2 is 1.65 bits per heavy atom. The Kier molecular flexibility index (Phi) is 8.01. The van der Waals surface area contributed by atoms with Crippen LogP contribution in [0.5, 0.6) is 11.5 Å². The van der Waals surface area contributed by atoms with Crippen molar-refractivity contribution in [3.63, 3.8) is 0 Å². The largest absolute Gasteiger partial charge is 0.497 e. The monoisotopic (exact) mass is 539 g/mol. The van der Waals surface area contributed by atoms with Crippen LogP contribution < -0.4 is 20.1 Å². The lowest BCUT2D eigenvalue weighted by atomic mass is 10.1. The molecule has 1 heterocycles. The third kappa shape index (κ3) is 5.71. The quantitative estimate of drug-likeness (QED) is 0.382. The number of amides is 3. The molecular formula is C27H23Cl2N3O5. The number of methoxy groups -OCH3 is 2. The third-order valence-corrected chi connectivity index (χ3v) is 6.46. The van der Waals surface area contributed by atoms with Crippen molar-refractivity contribution in [1.82, 2.24) is 10.2 Å². The maximum Gasteiger partial charge on any atom is 0.278 e. The number of carbonyl (C=O) groups is 3. The van der Waals surface area contributed by atoms with E-state index in [-0.39, 0.29) is 29.7 Å². The number of rotatable bonds is 9. The smallest absolute Gasteiger partial charge is 0.278 e. The minimum atomic E-state index is -0.588. The summed E-state index contributed by atoms with van der Waals surface area (Å²) in [5, 5.41) is 6.03. The molecule has 0 saturated carbocycles. The van der Waals surface area contributed by atoms with Crippen LogP contribution in [0.3, 0.4) is 0 Å². The van der Waals surface area contributed by atoms with Crippen molar-refractivity contribution in [2.75, 3.05) is 19.5 Å².